The molecule has 4 rings (SSSR count). The van der Waals surface area contributed by atoms with Crippen LogP contribution in [0.25, 0.3) is 11.6 Å². The average Bonchev–Trinajstić information content (AvgIpc) is 3.03. The van der Waals surface area contributed by atoms with Gasteiger partial charge in [-0.15, -0.1) is 0 Å². The highest BCUT2D eigenvalue weighted by atomic mass is 32.2. The number of ether oxygens (including phenoxy) is 1. The first-order valence-electron chi connectivity index (χ1n) is 9.89. The van der Waals surface area contributed by atoms with E-state index >= 15 is 0 Å². The molecule has 3 aromatic carbocycles. The van der Waals surface area contributed by atoms with Gasteiger partial charge in [-0.3, -0.25) is 9.69 Å². The molecule has 1 amide bonds. The Kier molecular flexibility index (Phi) is 5.52. The molecule has 0 unspecified atom stereocenters. The van der Waals surface area contributed by atoms with Crippen molar-refractivity contribution in [2.24, 2.45) is 0 Å². The van der Waals surface area contributed by atoms with Crippen LogP contribution in [0.3, 0.4) is 0 Å². The fourth-order valence-corrected chi connectivity index (χ4v) is 4.37. The summed E-state index contributed by atoms with van der Waals surface area (Å²) in [6, 6.07) is 15.9. The van der Waals surface area contributed by atoms with Crippen molar-refractivity contribution in [2.45, 2.75) is 11.8 Å². The van der Waals surface area contributed by atoms with Crippen molar-refractivity contribution < 1.29 is 22.3 Å². The maximum Gasteiger partial charge on any atom is 0.263 e. The van der Waals surface area contributed by atoms with Crippen molar-refractivity contribution in [1.29, 1.82) is 5.26 Å². The lowest BCUT2D eigenvalue weighted by Gasteiger charge is -2.18. The van der Waals surface area contributed by atoms with Crippen molar-refractivity contribution in [3.8, 4) is 11.8 Å². The van der Waals surface area contributed by atoms with E-state index < -0.39 is 15.7 Å². The number of anilines is 2. The molecule has 3 aromatic rings. The van der Waals surface area contributed by atoms with E-state index in [2.05, 4.69) is 6.07 Å². The summed E-state index contributed by atoms with van der Waals surface area (Å²) >= 11 is 0. The third-order valence-electron chi connectivity index (χ3n) is 5.44. The predicted molar refractivity (Wildman–Crippen MR) is 123 cm³/mol. The summed E-state index contributed by atoms with van der Waals surface area (Å²) in [6.45, 7) is 1.77. The molecule has 166 valence electrons. The Bertz CT molecular complexity index is 1470. The number of hydrogen-bond donors (Lipinski definition) is 0. The van der Waals surface area contributed by atoms with Crippen LogP contribution in [0, 0.1) is 24.1 Å². The fourth-order valence-electron chi connectivity index (χ4n) is 3.74. The average molecular weight is 463 g/mol. The third-order valence-corrected chi connectivity index (χ3v) is 6.57. The number of rotatable bonds is 4. The van der Waals surface area contributed by atoms with Crippen LogP contribution in [0.4, 0.5) is 15.8 Å². The molecule has 0 spiro atoms. The van der Waals surface area contributed by atoms with E-state index in [9.17, 15) is 22.9 Å². The van der Waals surface area contributed by atoms with Crippen molar-refractivity contribution >= 4 is 38.8 Å². The van der Waals surface area contributed by atoms with Crippen molar-refractivity contribution in [1.82, 2.24) is 0 Å². The van der Waals surface area contributed by atoms with Gasteiger partial charge in [-0.1, -0.05) is 6.07 Å². The number of fused-ring (bicyclic) bond motifs is 1. The summed E-state index contributed by atoms with van der Waals surface area (Å²) in [5.41, 5.74) is 3.42. The number of carbonyl (C=O) groups excluding carboxylic acids is 1. The molecular weight excluding hydrogens is 443 g/mol. The van der Waals surface area contributed by atoms with Crippen LogP contribution in [0.15, 0.2) is 59.5 Å². The van der Waals surface area contributed by atoms with E-state index in [0.717, 1.165) is 6.26 Å². The summed E-state index contributed by atoms with van der Waals surface area (Å²) in [5.74, 6) is -0.847. The van der Waals surface area contributed by atoms with E-state index in [4.69, 9.17) is 4.74 Å². The lowest BCUT2D eigenvalue weighted by atomic mass is 9.99. The minimum atomic E-state index is -3.39. The first-order chi connectivity index (χ1) is 15.6. The van der Waals surface area contributed by atoms with E-state index in [1.807, 2.05) is 0 Å². The molecule has 1 aliphatic heterocycles. The van der Waals surface area contributed by atoms with Crippen LogP contribution in [-0.4, -0.2) is 27.7 Å². The maximum atomic E-state index is 14.2. The fraction of sp³-hybridized carbons (Fsp3) is 0.120. The van der Waals surface area contributed by atoms with Crippen LogP contribution in [0.1, 0.15) is 22.3 Å². The molecule has 0 saturated carbocycles. The van der Waals surface area contributed by atoms with Gasteiger partial charge in [0.2, 0.25) is 0 Å². The molecule has 0 atom stereocenters. The summed E-state index contributed by atoms with van der Waals surface area (Å²) in [6.07, 6.45) is 2.67. The smallest absolute Gasteiger partial charge is 0.263 e. The van der Waals surface area contributed by atoms with Gasteiger partial charge >= 0.3 is 0 Å². The molecular formula is C25H19FN2O4S. The highest BCUT2D eigenvalue weighted by Crippen LogP contribution is 2.43. The van der Waals surface area contributed by atoms with Gasteiger partial charge in [-0.25, -0.2) is 12.8 Å². The number of sulfone groups is 1. The number of aryl methyl sites for hydroxylation is 1. The van der Waals surface area contributed by atoms with Crippen LogP contribution in [0.2, 0.25) is 0 Å². The first-order valence-corrected chi connectivity index (χ1v) is 11.8. The molecule has 8 heteroatoms. The lowest BCUT2D eigenvalue weighted by Crippen LogP contribution is -2.20. The molecule has 0 bridgehead atoms. The molecule has 0 aliphatic carbocycles. The van der Waals surface area contributed by atoms with Crippen LogP contribution >= 0.6 is 0 Å². The Morgan fingerprint density at radius 2 is 1.79 bits per heavy atom. The number of halogens is 1. The van der Waals surface area contributed by atoms with Gasteiger partial charge in [0.25, 0.3) is 5.91 Å². The SMILES string of the molecule is COc1ccc(C=C2C(=O)N(c3ccc(S(C)(=O)=O)cc3)c3cc(C)c(C#N)cc32)cc1F. The minimum Gasteiger partial charge on any atom is -0.494 e. The number of hydrogen-bond acceptors (Lipinski definition) is 5. The second-order valence-electron chi connectivity index (χ2n) is 7.65. The van der Waals surface area contributed by atoms with Crippen molar-refractivity contribution in [3.05, 3.63) is 82.7 Å². The molecule has 6 nitrogen and oxygen atoms in total. The summed E-state index contributed by atoms with van der Waals surface area (Å²) < 4.78 is 42.8. The quantitative estimate of drug-likeness (QED) is 0.527. The van der Waals surface area contributed by atoms with Gasteiger partial charge in [0.1, 0.15) is 0 Å². The Labute approximate surface area is 191 Å². The molecule has 33 heavy (non-hydrogen) atoms. The molecule has 0 radical (unpaired) electrons. The maximum absolute atomic E-state index is 14.2. The van der Waals surface area contributed by atoms with E-state index in [-0.39, 0.29) is 16.6 Å². The number of methoxy groups -OCH3 is 1. The normalized spacial score (nSPS) is 14.3. The lowest BCUT2D eigenvalue weighted by molar-refractivity contribution is -0.112. The molecule has 1 aliphatic rings. The Hall–Kier alpha value is -3.96. The van der Waals surface area contributed by atoms with Crippen molar-refractivity contribution in [3.63, 3.8) is 0 Å². The first kappa shape index (κ1) is 22.2. The Morgan fingerprint density at radius 1 is 1.09 bits per heavy atom. The van der Waals surface area contributed by atoms with Gasteiger partial charge in [-0.05, 0) is 72.7 Å². The highest BCUT2D eigenvalue weighted by Gasteiger charge is 2.34. The number of amides is 1. The number of benzene rings is 3. The third kappa shape index (κ3) is 3.99. The second kappa shape index (κ2) is 8.19. The van der Waals surface area contributed by atoms with Crippen LogP contribution in [0.5, 0.6) is 5.75 Å². The van der Waals surface area contributed by atoms with Gasteiger partial charge in [0.05, 0.1) is 34.9 Å². The zero-order valence-corrected chi connectivity index (χ0v) is 18.9. The van der Waals surface area contributed by atoms with Gasteiger partial charge < -0.3 is 4.74 Å². The molecule has 0 aromatic heterocycles. The number of nitriles is 1. The largest absolute Gasteiger partial charge is 0.494 e. The van der Waals surface area contributed by atoms with E-state index in [1.165, 1.54) is 36.3 Å². The second-order valence-corrected chi connectivity index (χ2v) is 9.67. The summed E-state index contributed by atoms with van der Waals surface area (Å²) in [4.78, 5) is 15.1. The molecule has 1 heterocycles. The van der Waals surface area contributed by atoms with Crippen molar-refractivity contribution in [2.75, 3.05) is 18.3 Å². The topological polar surface area (TPSA) is 87.5 Å². The summed E-state index contributed by atoms with van der Waals surface area (Å²) in [5, 5.41) is 9.49. The van der Waals surface area contributed by atoms with E-state index in [0.29, 0.717) is 39.2 Å². The number of carbonyl (C=O) groups is 1. The zero-order valence-electron chi connectivity index (χ0n) is 18.1. The van der Waals surface area contributed by atoms with E-state index in [1.54, 1.807) is 43.3 Å². The van der Waals surface area contributed by atoms with Gasteiger partial charge in [0.15, 0.2) is 21.4 Å². The molecule has 0 N–H and O–H groups in total. The molecule has 0 saturated heterocycles. The van der Waals surface area contributed by atoms with Gasteiger partial charge in [0, 0.05) is 17.5 Å². The predicted octanol–water partition coefficient (Wildman–Crippen LogP) is 4.64. The van der Waals surface area contributed by atoms with Gasteiger partial charge in [-0.2, -0.15) is 5.26 Å². The Morgan fingerprint density at radius 3 is 2.36 bits per heavy atom. The standard InChI is InChI=1S/C25H19FN2O4S/c1-15-10-23-20(13-17(15)14-27)21(11-16-4-9-24(32-2)22(26)12-16)25(29)28(23)18-5-7-19(8-6-18)33(3,30)31/h4-13H,1-3H3. The van der Waals surface area contributed by atoms with Crippen LogP contribution < -0.4 is 9.64 Å². The van der Waals surface area contributed by atoms with Crippen LogP contribution in [-0.2, 0) is 14.6 Å². The zero-order chi connectivity index (χ0) is 23.9. The number of nitrogens with zero attached hydrogens (tertiary/aromatic N) is 2. The Balaban J connectivity index is 1.88. The molecule has 0 fully saturated rings. The summed E-state index contributed by atoms with van der Waals surface area (Å²) in [7, 11) is -2.02. The minimum absolute atomic E-state index is 0.0882. The monoisotopic (exact) mass is 462 g/mol. The highest BCUT2D eigenvalue weighted by molar-refractivity contribution is 7.90.